The highest BCUT2D eigenvalue weighted by Crippen LogP contribution is 2.19. The zero-order valence-electron chi connectivity index (χ0n) is 9.29. The van der Waals surface area contributed by atoms with Gasteiger partial charge in [0.1, 0.15) is 12.2 Å². The molecule has 0 aliphatic heterocycles. The van der Waals surface area contributed by atoms with Gasteiger partial charge in [-0.05, 0) is 18.2 Å². The molecule has 0 fully saturated rings. The van der Waals surface area contributed by atoms with Gasteiger partial charge in [0.25, 0.3) is 0 Å². The average molecular weight is 268 g/mol. The highest BCUT2D eigenvalue weighted by atomic mass is 32.2. The number of hydrogen-bond donors (Lipinski definition) is 4. The van der Waals surface area contributed by atoms with Crippen molar-refractivity contribution < 1.29 is 8.42 Å². The number of aromatic nitrogens is 3. The molecule has 1 aromatic heterocycles. The molecule has 0 spiro atoms. The summed E-state index contributed by atoms with van der Waals surface area (Å²) < 4.78 is 22.5. The number of nitrogens with two attached hydrogens (primary N) is 2. The fourth-order valence-electron chi connectivity index (χ4n) is 1.39. The number of nitrogens with one attached hydrogen (secondary N) is 2. The van der Waals surface area contributed by atoms with Crippen molar-refractivity contribution in [2.45, 2.75) is 11.4 Å². The van der Waals surface area contributed by atoms with Crippen molar-refractivity contribution in [1.29, 1.82) is 0 Å². The largest absolute Gasteiger partial charge is 0.399 e. The first-order chi connectivity index (χ1) is 8.45. The second-order valence-electron chi connectivity index (χ2n) is 3.62. The monoisotopic (exact) mass is 268 g/mol. The standard InChI is InChI=1S/C9H12N6O2S/c10-6-1-7(3-8(2-6)18(11,16)17)12-4-9-13-5-14-15-9/h1-3,5,12H,4,10H2,(H2,11,16,17)(H,13,14,15). The Labute approximate surface area is 103 Å². The molecule has 1 aromatic carbocycles. The summed E-state index contributed by atoms with van der Waals surface area (Å²) in [7, 11) is -3.78. The van der Waals surface area contributed by atoms with Gasteiger partial charge in [0, 0.05) is 11.4 Å². The van der Waals surface area contributed by atoms with Crippen LogP contribution < -0.4 is 16.2 Å². The molecule has 1 heterocycles. The third kappa shape index (κ3) is 2.96. The smallest absolute Gasteiger partial charge is 0.238 e. The van der Waals surface area contributed by atoms with Gasteiger partial charge in [-0.1, -0.05) is 0 Å². The van der Waals surface area contributed by atoms with Crippen LogP contribution in [0.5, 0.6) is 0 Å². The van der Waals surface area contributed by atoms with Gasteiger partial charge in [0.2, 0.25) is 10.0 Å². The van der Waals surface area contributed by atoms with Crippen LogP contribution in [0.3, 0.4) is 0 Å². The maximum absolute atomic E-state index is 11.2. The SMILES string of the molecule is Nc1cc(NCc2ncn[nH]2)cc(S(N)(=O)=O)c1. The number of H-pyrrole nitrogens is 1. The fourth-order valence-corrected chi connectivity index (χ4v) is 1.98. The van der Waals surface area contributed by atoms with Crippen LogP contribution >= 0.6 is 0 Å². The third-order valence-electron chi connectivity index (χ3n) is 2.18. The highest BCUT2D eigenvalue weighted by Gasteiger charge is 2.10. The molecule has 96 valence electrons. The van der Waals surface area contributed by atoms with E-state index in [0.717, 1.165) is 0 Å². The van der Waals surface area contributed by atoms with E-state index in [1.54, 1.807) is 6.07 Å². The minimum Gasteiger partial charge on any atom is -0.399 e. The van der Waals surface area contributed by atoms with Crippen LogP contribution in [-0.2, 0) is 16.6 Å². The zero-order chi connectivity index (χ0) is 13.2. The fraction of sp³-hybridized carbons (Fsp3) is 0.111. The number of benzene rings is 1. The Morgan fingerprint density at radius 2 is 2.11 bits per heavy atom. The predicted octanol–water partition coefficient (Wildman–Crippen LogP) is -0.354. The first-order valence-electron chi connectivity index (χ1n) is 4.96. The van der Waals surface area contributed by atoms with E-state index in [4.69, 9.17) is 10.9 Å². The number of aromatic amines is 1. The lowest BCUT2D eigenvalue weighted by atomic mass is 10.3. The first-order valence-corrected chi connectivity index (χ1v) is 6.51. The topological polar surface area (TPSA) is 140 Å². The second kappa shape index (κ2) is 4.63. The van der Waals surface area contributed by atoms with E-state index in [1.807, 2.05) is 0 Å². The number of rotatable bonds is 4. The van der Waals surface area contributed by atoms with Gasteiger partial charge < -0.3 is 11.1 Å². The van der Waals surface area contributed by atoms with E-state index < -0.39 is 10.0 Å². The van der Waals surface area contributed by atoms with E-state index in [9.17, 15) is 8.42 Å². The minimum absolute atomic E-state index is 0.0393. The molecule has 0 radical (unpaired) electrons. The number of nitrogen functional groups attached to an aromatic ring is 1. The summed E-state index contributed by atoms with van der Waals surface area (Å²) in [6.07, 6.45) is 1.38. The minimum atomic E-state index is -3.78. The summed E-state index contributed by atoms with van der Waals surface area (Å²) in [6.45, 7) is 0.369. The second-order valence-corrected chi connectivity index (χ2v) is 5.18. The Hall–Kier alpha value is -2.13. The molecule has 0 atom stereocenters. The number of nitrogens with zero attached hydrogens (tertiary/aromatic N) is 2. The average Bonchev–Trinajstić information content (AvgIpc) is 2.77. The van der Waals surface area contributed by atoms with Gasteiger partial charge in [0.05, 0.1) is 11.4 Å². The molecular formula is C9H12N6O2S. The van der Waals surface area contributed by atoms with Crippen molar-refractivity contribution in [3.05, 3.63) is 30.4 Å². The zero-order valence-corrected chi connectivity index (χ0v) is 10.1. The third-order valence-corrected chi connectivity index (χ3v) is 3.08. The van der Waals surface area contributed by atoms with Crippen molar-refractivity contribution >= 4 is 21.4 Å². The van der Waals surface area contributed by atoms with Crippen LogP contribution in [0.2, 0.25) is 0 Å². The summed E-state index contributed by atoms with van der Waals surface area (Å²) in [5, 5.41) is 14.4. The lowest BCUT2D eigenvalue weighted by Crippen LogP contribution is -2.13. The summed E-state index contributed by atoms with van der Waals surface area (Å²) >= 11 is 0. The van der Waals surface area contributed by atoms with E-state index in [0.29, 0.717) is 23.7 Å². The summed E-state index contributed by atoms with van der Waals surface area (Å²) in [5.74, 6) is 0.620. The van der Waals surface area contributed by atoms with Crippen LogP contribution in [0.1, 0.15) is 5.82 Å². The molecule has 0 saturated heterocycles. The predicted molar refractivity (Wildman–Crippen MR) is 65.9 cm³/mol. The quantitative estimate of drug-likeness (QED) is 0.558. The summed E-state index contributed by atoms with van der Waals surface area (Å²) in [6, 6.07) is 4.31. The molecule has 0 amide bonds. The van der Waals surface area contributed by atoms with E-state index in [2.05, 4.69) is 20.5 Å². The molecule has 0 aliphatic carbocycles. The van der Waals surface area contributed by atoms with Crippen LogP contribution in [0, 0.1) is 0 Å². The maximum Gasteiger partial charge on any atom is 0.238 e. The molecule has 2 rings (SSSR count). The Morgan fingerprint density at radius 3 is 2.72 bits per heavy atom. The number of primary sulfonamides is 1. The van der Waals surface area contributed by atoms with E-state index in [-0.39, 0.29) is 4.90 Å². The highest BCUT2D eigenvalue weighted by molar-refractivity contribution is 7.89. The lowest BCUT2D eigenvalue weighted by molar-refractivity contribution is 0.598. The van der Waals surface area contributed by atoms with Crippen molar-refractivity contribution in [1.82, 2.24) is 15.2 Å². The molecule has 8 nitrogen and oxygen atoms in total. The van der Waals surface area contributed by atoms with Gasteiger partial charge >= 0.3 is 0 Å². The summed E-state index contributed by atoms with van der Waals surface area (Å²) in [4.78, 5) is 3.88. The van der Waals surface area contributed by atoms with Gasteiger partial charge in [-0.15, -0.1) is 0 Å². The van der Waals surface area contributed by atoms with Gasteiger partial charge in [0.15, 0.2) is 0 Å². The van der Waals surface area contributed by atoms with Crippen LogP contribution in [-0.4, -0.2) is 23.6 Å². The molecule has 0 aliphatic rings. The van der Waals surface area contributed by atoms with Gasteiger partial charge in [-0.2, -0.15) is 5.10 Å². The number of sulfonamides is 1. The van der Waals surface area contributed by atoms with E-state index >= 15 is 0 Å². The van der Waals surface area contributed by atoms with Crippen molar-refractivity contribution in [2.75, 3.05) is 11.1 Å². The Balaban J connectivity index is 2.21. The number of anilines is 2. The summed E-state index contributed by atoms with van der Waals surface area (Å²) in [5.41, 5.74) is 6.45. The van der Waals surface area contributed by atoms with E-state index in [1.165, 1.54) is 18.5 Å². The van der Waals surface area contributed by atoms with Crippen LogP contribution in [0.25, 0.3) is 0 Å². The Morgan fingerprint density at radius 1 is 1.33 bits per heavy atom. The molecule has 2 aromatic rings. The first kappa shape index (κ1) is 12.3. The molecule has 6 N–H and O–H groups in total. The maximum atomic E-state index is 11.2. The van der Waals surface area contributed by atoms with Crippen LogP contribution in [0.15, 0.2) is 29.4 Å². The number of hydrogen-bond acceptors (Lipinski definition) is 6. The Kier molecular flexibility index (Phi) is 3.17. The van der Waals surface area contributed by atoms with Crippen molar-refractivity contribution in [2.24, 2.45) is 5.14 Å². The van der Waals surface area contributed by atoms with Crippen molar-refractivity contribution in [3.63, 3.8) is 0 Å². The molecule has 0 bridgehead atoms. The molecule has 18 heavy (non-hydrogen) atoms. The molecular weight excluding hydrogens is 256 g/mol. The molecule has 9 heteroatoms. The van der Waals surface area contributed by atoms with Crippen molar-refractivity contribution in [3.8, 4) is 0 Å². The van der Waals surface area contributed by atoms with Gasteiger partial charge in [-0.3, -0.25) is 5.10 Å². The normalized spacial score (nSPS) is 11.4. The lowest BCUT2D eigenvalue weighted by Gasteiger charge is -2.07. The molecule has 0 saturated carbocycles. The van der Waals surface area contributed by atoms with Gasteiger partial charge in [-0.25, -0.2) is 18.5 Å². The molecule has 0 unspecified atom stereocenters. The van der Waals surface area contributed by atoms with Crippen LogP contribution in [0.4, 0.5) is 11.4 Å². The Bertz CT molecular complexity index is 637.